The predicted molar refractivity (Wildman–Crippen MR) is 69.0 cm³/mol. The Labute approximate surface area is 115 Å². The maximum Gasteiger partial charge on any atom is 0.411 e. The van der Waals surface area contributed by atoms with E-state index in [1.807, 2.05) is 12.1 Å². The van der Waals surface area contributed by atoms with Gasteiger partial charge in [-0.15, -0.1) is 0 Å². The molecule has 112 valence electrons. The van der Waals surface area contributed by atoms with Crippen LogP contribution in [0.15, 0.2) is 24.3 Å². The van der Waals surface area contributed by atoms with E-state index in [-0.39, 0.29) is 0 Å². The Hall–Kier alpha value is -1.47. The number of piperazine rings is 1. The van der Waals surface area contributed by atoms with E-state index in [0.29, 0.717) is 5.75 Å². The van der Waals surface area contributed by atoms with Crippen molar-refractivity contribution in [1.82, 2.24) is 5.32 Å². The molecular weight excluding hydrogens is 273 g/mol. The average Bonchev–Trinajstić information content (AvgIpc) is 2.44. The first-order valence-corrected chi connectivity index (χ1v) is 6.38. The molecule has 2 rings (SSSR count). The van der Waals surface area contributed by atoms with Crippen LogP contribution in [-0.2, 0) is 4.74 Å². The van der Waals surface area contributed by atoms with E-state index in [9.17, 15) is 13.2 Å². The third-order valence-corrected chi connectivity index (χ3v) is 2.89. The van der Waals surface area contributed by atoms with Crippen molar-refractivity contribution < 1.29 is 22.6 Å². The Morgan fingerprint density at radius 1 is 1.15 bits per heavy atom. The molecule has 0 bridgehead atoms. The molecule has 0 spiro atoms. The van der Waals surface area contributed by atoms with Gasteiger partial charge < -0.3 is 19.7 Å². The van der Waals surface area contributed by atoms with Crippen LogP contribution in [0.4, 0.5) is 18.9 Å². The number of hydrogen-bond donors (Lipinski definition) is 1. The molecule has 1 aliphatic heterocycles. The van der Waals surface area contributed by atoms with Crippen molar-refractivity contribution in [3.05, 3.63) is 24.3 Å². The number of rotatable bonds is 5. The molecule has 1 aromatic carbocycles. The molecule has 4 nitrogen and oxygen atoms in total. The number of ether oxygens (including phenoxy) is 2. The van der Waals surface area contributed by atoms with E-state index < -0.39 is 19.6 Å². The van der Waals surface area contributed by atoms with E-state index in [0.717, 1.165) is 31.9 Å². The molecule has 0 atom stereocenters. The zero-order valence-electron chi connectivity index (χ0n) is 10.9. The van der Waals surface area contributed by atoms with E-state index in [4.69, 9.17) is 4.74 Å². The first kappa shape index (κ1) is 14.9. The maximum atomic E-state index is 12.0. The standard InChI is InChI=1S/C13H17F3N2O2/c14-13(15,16)9-19-10-20-12-4-2-1-3-11(12)18-7-5-17-6-8-18/h1-4,17H,5-10H2. The van der Waals surface area contributed by atoms with Gasteiger partial charge in [-0.05, 0) is 12.1 Å². The van der Waals surface area contributed by atoms with Crippen LogP contribution in [0.5, 0.6) is 5.75 Å². The van der Waals surface area contributed by atoms with Gasteiger partial charge in [0.2, 0.25) is 0 Å². The number of halogens is 3. The van der Waals surface area contributed by atoms with Crippen LogP contribution in [-0.4, -0.2) is 45.8 Å². The van der Waals surface area contributed by atoms with Gasteiger partial charge in [0.25, 0.3) is 0 Å². The van der Waals surface area contributed by atoms with E-state index in [1.54, 1.807) is 12.1 Å². The van der Waals surface area contributed by atoms with Gasteiger partial charge in [-0.2, -0.15) is 13.2 Å². The van der Waals surface area contributed by atoms with Crippen molar-refractivity contribution >= 4 is 5.69 Å². The van der Waals surface area contributed by atoms with Crippen molar-refractivity contribution in [3.63, 3.8) is 0 Å². The minimum absolute atomic E-state index is 0.414. The second kappa shape index (κ2) is 6.81. The SMILES string of the molecule is FC(F)(F)COCOc1ccccc1N1CCNCC1. The van der Waals surface area contributed by atoms with Gasteiger partial charge in [0, 0.05) is 26.2 Å². The summed E-state index contributed by atoms with van der Waals surface area (Å²) in [6.45, 7) is 1.71. The van der Waals surface area contributed by atoms with Crippen LogP contribution in [0.25, 0.3) is 0 Å². The molecule has 0 radical (unpaired) electrons. The summed E-state index contributed by atoms with van der Waals surface area (Å²) in [7, 11) is 0. The molecule has 0 saturated carbocycles. The summed E-state index contributed by atoms with van der Waals surface area (Å²) >= 11 is 0. The number of hydrogen-bond acceptors (Lipinski definition) is 4. The van der Waals surface area contributed by atoms with Crippen LogP contribution in [0, 0.1) is 0 Å². The second-order valence-corrected chi connectivity index (χ2v) is 4.43. The van der Waals surface area contributed by atoms with Gasteiger partial charge in [-0.25, -0.2) is 0 Å². The summed E-state index contributed by atoms with van der Waals surface area (Å²) in [6, 6.07) is 7.28. The van der Waals surface area contributed by atoms with Crippen molar-refractivity contribution in [2.24, 2.45) is 0 Å². The van der Waals surface area contributed by atoms with Crippen LogP contribution in [0.1, 0.15) is 0 Å². The Morgan fingerprint density at radius 2 is 1.85 bits per heavy atom. The third-order valence-electron chi connectivity index (χ3n) is 2.89. The summed E-state index contributed by atoms with van der Waals surface area (Å²) in [5.41, 5.74) is 0.879. The second-order valence-electron chi connectivity index (χ2n) is 4.43. The zero-order chi connectivity index (χ0) is 14.4. The minimum atomic E-state index is -4.33. The highest BCUT2D eigenvalue weighted by Crippen LogP contribution is 2.28. The lowest BCUT2D eigenvalue weighted by molar-refractivity contribution is -0.186. The molecule has 1 saturated heterocycles. The Kier molecular flexibility index (Phi) is 5.08. The fourth-order valence-electron chi connectivity index (χ4n) is 2.01. The molecule has 1 fully saturated rings. The molecule has 0 aromatic heterocycles. The summed E-state index contributed by atoms with van der Waals surface area (Å²) < 4.78 is 45.6. The van der Waals surface area contributed by atoms with Crippen molar-refractivity contribution in [3.8, 4) is 5.75 Å². The van der Waals surface area contributed by atoms with Crippen LogP contribution >= 0.6 is 0 Å². The Morgan fingerprint density at radius 3 is 2.55 bits per heavy atom. The van der Waals surface area contributed by atoms with Gasteiger partial charge in [-0.3, -0.25) is 0 Å². The lowest BCUT2D eigenvalue weighted by atomic mass is 10.2. The summed E-state index contributed by atoms with van der Waals surface area (Å²) in [4.78, 5) is 2.13. The monoisotopic (exact) mass is 290 g/mol. The molecule has 1 heterocycles. The molecule has 20 heavy (non-hydrogen) atoms. The molecule has 1 aliphatic rings. The van der Waals surface area contributed by atoms with Gasteiger partial charge >= 0.3 is 6.18 Å². The largest absolute Gasteiger partial charge is 0.465 e. The molecule has 1 N–H and O–H groups in total. The summed E-state index contributed by atoms with van der Waals surface area (Å²) in [5.74, 6) is 0.538. The normalized spacial score (nSPS) is 16.2. The van der Waals surface area contributed by atoms with E-state index >= 15 is 0 Å². The van der Waals surface area contributed by atoms with Crippen LogP contribution in [0.2, 0.25) is 0 Å². The number of anilines is 1. The van der Waals surface area contributed by atoms with Crippen molar-refractivity contribution in [2.75, 3.05) is 44.5 Å². The van der Waals surface area contributed by atoms with E-state index in [2.05, 4.69) is 15.0 Å². The smallest absolute Gasteiger partial charge is 0.411 e. The predicted octanol–water partition coefficient (Wildman–Crippen LogP) is 2.01. The van der Waals surface area contributed by atoms with Gasteiger partial charge in [0.1, 0.15) is 12.4 Å². The van der Waals surface area contributed by atoms with E-state index in [1.165, 1.54) is 0 Å². The minimum Gasteiger partial charge on any atom is -0.465 e. The maximum absolute atomic E-state index is 12.0. The van der Waals surface area contributed by atoms with Crippen LogP contribution < -0.4 is 15.0 Å². The number of benzene rings is 1. The van der Waals surface area contributed by atoms with Gasteiger partial charge in [0.15, 0.2) is 6.79 Å². The Balaban J connectivity index is 1.90. The number of para-hydroxylation sites is 2. The first-order valence-electron chi connectivity index (χ1n) is 6.38. The zero-order valence-corrected chi connectivity index (χ0v) is 10.9. The summed E-state index contributed by atoms with van der Waals surface area (Å²) in [5, 5.41) is 3.24. The molecule has 0 unspecified atom stereocenters. The van der Waals surface area contributed by atoms with Gasteiger partial charge in [0.05, 0.1) is 5.69 Å². The fraction of sp³-hybridized carbons (Fsp3) is 0.538. The summed E-state index contributed by atoms with van der Waals surface area (Å²) in [6.07, 6.45) is -4.33. The van der Waals surface area contributed by atoms with Crippen LogP contribution in [0.3, 0.4) is 0 Å². The number of nitrogens with one attached hydrogen (secondary N) is 1. The molecule has 7 heteroatoms. The highest BCUT2D eigenvalue weighted by molar-refractivity contribution is 5.58. The first-order chi connectivity index (χ1) is 9.56. The topological polar surface area (TPSA) is 33.7 Å². The quantitative estimate of drug-likeness (QED) is 0.664. The third kappa shape index (κ3) is 4.57. The molecular formula is C13H17F3N2O2. The Bertz CT molecular complexity index is 420. The molecule has 0 amide bonds. The highest BCUT2D eigenvalue weighted by Gasteiger charge is 2.27. The van der Waals surface area contributed by atoms with Gasteiger partial charge in [-0.1, -0.05) is 12.1 Å². The molecule has 0 aliphatic carbocycles. The number of nitrogens with zero attached hydrogens (tertiary/aromatic N) is 1. The van der Waals surface area contributed by atoms with Crippen molar-refractivity contribution in [1.29, 1.82) is 0 Å². The number of alkyl halides is 3. The average molecular weight is 290 g/mol. The molecule has 1 aromatic rings. The lowest BCUT2D eigenvalue weighted by Crippen LogP contribution is -2.43. The highest BCUT2D eigenvalue weighted by atomic mass is 19.4. The van der Waals surface area contributed by atoms with Crippen molar-refractivity contribution in [2.45, 2.75) is 6.18 Å². The fourth-order valence-corrected chi connectivity index (χ4v) is 2.01. The lowest BCUT2D eigenvalue weighted by Gasteiger charge is -2.30.